The van der Waals surface area contributed by atoms with Crippen LogP contribution in [0.4, 0.5) is 8.78 Å². The van der Waals surface area contributed by atoms with Gasteiger partial charge in [0.25, 0.3) is 0 Å². The molecule has 0 radical (unpaired) electrons. The Hall–Kier alpha value is -2.29. The Labute approximate surface area is 132 Å². The summed E-state index contributed by atoms with van der Waals surface area (Å²) in [5.74, 6) is 3.28. The summed E-state index contributed by atoms with van der Waals surface area (Å²) in [5.41, 5.74) is 5.94. The lowest BCUT2D eigenvalue weighted by Crippen LogP contribution is -2.32. The van der Waals surface area contributed by atoms with Crippen LogP contribution in [-0.4, -0.2) is 17.2 Å². The van der Waals surface area contributed by atoms with Crippen molar-refractivity contribution in [3.05, 3.63) is 47.8 Å². The maximum Gasteiger partial charge on any atom is 0.168 e. The highest BCUT2D eigenvalue weighted by atomic mass is 19.2. The van der Waals surface area contributed by atoms with E-state index in [-0.39, 0.29) is 16.9 Å². The number of rotatable bonds is 7. The van der Waals surface area contributed by atoms with E-state index < -0.39 is 17.7 Å². The molecule has 23 heavy (non-hydrogen) atoms. The number of allylic oxidation sites excluding steroid dienone is 1. The predicted octanol–water partition coefficient (Wildman–Crippen LogP) is 2.34. The first kappa shape index (κ1) is 17.1. The average molecular weight is 323 g/mol. The van der Waals surface area contributed by atoms with Crippen LogP contribution in [-0.2, 0) is 0 Å². The Bertz CT molecular complexity index is 673. The zero-order valence-electron chi connectivity index (χ0n) is 12.9. The molecule has 2 aromatic rings. The molecule has 1 aromatic carbocycles. The minimum Gasteiger partial charge on any atom is -0.411 e. The first-order chi connectivity index (χ1) is 11.1. The third kappa shape index (κ3) is 3.55. The number of nitrogens with zero attached hydrogens (tertiary/aromatic N) is 1. The highest BCUT2D eigenvalue weighted by Gasteiger charge is 2.25. The SMILES string of the molecule is CC/C=C\C(NNC)c1c(ON)cc(-c2cn[nH]c2)c(F)c1F. The second kappa shape index (κ2) is 7.82. The number of H-pyrrole nitrogens is 1. The highest BCUT2D eigenvalue weighted by Crippen LogP contribution is 2.36. The maximum absolute atomic E-state index is 14.7. The lowest BCUT2D eigenvalue weighted by atomic mass is 9.99. The van der Waals surface area contributed by atoms with E-state index in [1.807, 2.05) is 13.0 Å². The first-order valence-corrected chi connectivity index (χ1v) is 7.10. The van der Waals surface area contributed by atoms with Crippen molar-refractivity contribution >= 4 is 0 Å². The molecule has 0 aliphatic rings. The number of hydrazine groups is 1. The Morgan fingerprint density at radius 2 is 2.22 bits per heavy atom. The van der Waals surface area contributed by atoms with E-state index in [4.69, 9.17) is 10.7 Å². The van der Waals surface area contributed by atoms with Crippen molar-refractivity contribution in [2.45, 2.75) is 19.4 Å². The predicted molar refractivity (Wildman–Crippen MR) is 83.1 cm³/mol. The summed E-state index contributed by atoms with van der Waals surface area (Å²) in [5, 5.41) is 6.29. The number of benzene rings is 1. The minimum absolute atomic E-state index is 0.0168. The molecular weight excluding hydrogens is 304 g/mol. The normalized spacial score (nSPS) is 12.7. The standard InChI is InChI=1S/C15H19F2N5O/c1-3-4-5-11(22-19-2)13-12(23-18)6-10(14(16)15(13)17)9-7-20-21-8-9/h4-8,11,19,22H,3,18H2,1-2H3,(H,20,21)/b5-4-. The summed E-state index contributed by atoms with van der Waals surface area (Å²) in [6.07, 6.45) is 7.12. The van der Waals surface area contributed by atoms with Gasteiger partial charge in [0.05, 0.1) is 17.8 Å². The average Bonchev–Trinajstić information content (AvgIpc) is 3.08. The number of nitrogens with two attached hydrogens (primary N) is 1. The molecule has 0 spiro atoms. The Kier molecular flexibility index (Phi) is 5.80. The summed E-state index contributed by atoms with van der Waals surface area (Å²) in [6.45, 7) is 1.94. The lowest BCUT2D eigenvalue weighted by molar-refractivity contribution is 0.320. The number of hydrogen-bond donors (Lipinski definition) is 4. The summed E-state index contributed by atoms with van der Waals surface area (Å²) in [6, 6.07) is 0.703. The van der Waals surface area contributed by atoms with E-state index in [0.717, 1.165) is 6.42 Å². The summed E-state index contributed by atoms with van der Waals surface area (Å²) < 4.78 is 29.1. The van der Waals surface area contributed by atoms with Gasteiger partial charge in [0.2, 0.25) is 0 Å². The molecule has 1 unspecified atom stereocenters. The number of nitrogens with one attached hydrogen (secondary N) is 3. The van der Waals surface area contributed by atoms with Gasteiger partial charge in [-0.15, -0.1) is 0 Å². The van der Waals surface area contributed by atoms with E-state index >= 15 is 0 Å². The number of aromatic amines is 1. The molecule has 5 N–H and O–H groups in total. The molecular formula is C15H19F2N5O. The zero-order chi connectivity index (χ0) is 16.8. The van der Waals surface area contributed by atoms with E-state index in [9.17, 15) is 8.78 Å². The Morgan fingerprint density at radius 3 is 2.78 bits per heavy atom. The van der Waals surface area contributed by atoms with Crippen molar-refractivity contribution < 1.29 is 13.6 Å². The molecule has 1 atom stereocenters. The van der Waals surface area contributed by atoms with Gasteiger partial charge in [-0.2, -0.15) is 11.0 Å². The third-order valence-electron chi connectivity index (χ3n) is 3.32. The molecule has 1 heterocycles. The molecule has 0 aliphatic heterocycles. The Balaban J connectivity index is 2.59. The van der Waals surface area contributed by atoms with Crippen molar-refractivity contribution in [1.82, 2.24) is 21.0 Å². The van der Waals surface area contributed by atoms with Crippen LogP contribution in [0.1, 0.15) is 24.9 Å². The van der Waals surface area contributed by atoms with E-state index in [1.165, 1.54) is 18.5 Å². The number of aromatic nitrogens is 2. The molecule has 0 saturated carbocycles. The fraction of sp³-hybridized carbons (Fsp3) is 0.267. The smallest absolute Gasteiger partial charge is 0.168 e. The second-order valence-electron chi connectivity index (χ2n) is 4.78. The van der Waals surface area contributed by atoms with E-state index in [2.05, 4.69) is 21.0 Å². The molecule has 0 fully saturated rings. The van der Waals surface area contributed by atoms with Gasteiger partial charge in [-0.05, 0) is 19.5 Å². The molecule has 124 valence electrons. The number of halogens is 2. The summed E-state index contributed by atoms with van der Waals surface area (Å²) in [4.78, 5) is 4.79. The minimum atomic E-state index is -1.03. The fourth-order valence-corrected chi connectivity index (χ4v) is 2.26. The molecule has 0 saturated heterocycles. The van der Waals surface area contributed by atoms with Gasteiger partial charge < -0.3 is 4.84 Å². The number of hydrogen-bond acceptors (Lipinski definition) is 5. The van der Waals surface area contributed by atoms with Gasteiger partial charge in [0.15, 0.2) is 17.4 Å². The van der Waals surface area contributed by atoms with Crippen LogP contribution in [0.25, 0.3) is 11.1 Å². The van der Waals surface area contributed by atoms with Crippen LogP contribution in [0.2, 0.25) is 0 Å². The van der Waals surface area contributed by atoms with Gasteiger partial charge in [0.1, 0.15) is 0 Å². The van der Waals surface area contributed by atoms with Gasteiger partial charge in [0, 0.05) is 17.3 Å². The third-order valence-corrected chi connectivity index (χ3v) is 3.32. The van der Waals surface area contributed by atoms with Gasteiger partial charge in [-0.1, -0.05) is 19.1 Å². The molecule has 0 amide bonds. The van der Waals surface area contributed by atoms with Crippen LogP contribution in [0.3, 0.4) is 0 Å². The largest absolute Gasteiger partial charge is 0.411 e. The van der Waals surface area contributed by atoms with Gasteiger partial charge in [-0.25, -0.2) is 14.2 Å². The Morgan fingerprint density at radius 1 is 1.43 bits per heavy atom. The van der Waals surface area contributed by atoms with Crippen molar-refractivity contribution in [3.8, 4) is 16.9 Å². The van der Waals surface area contributed by atoms with Crippen LogP contribution < -0.4 is 21.6 Å². The molecule has 8 heteroatoms. The molecule has 0 aliphatic carbocycles. The van der Waals surface area contributed by atoms with E-state index in [0.29, 0.717) is 5.56 Å². The quantitative estimate of drug-likeness (QED) is 0.464. The van der Waals surface area contributed by atoms with Crippen molar-refractivity contribution in [2.75, 3.05) is 7.05 Å². The molecule has 2 rings (SSSR count). The van der Waals surface area contributed by atoms with Crippen molar-refractivity contribution in [2.24, 2.45) is 5.90 Å². The van der Waals surface area contributed by atoms with Gasteiger partial charge in [-0.3, -0.25) is 10.5 Å². The van der Waals surface area contributed by atoms with Crippen LogP contribution in [0.5, 0.6) is 5.75 Å². The molecule has 0 bridgehead atoms. The van der Waals surface area contributed by atoms with Crippen molar-refractivity contribution in [1.29, 1.82) is 0 Å². The van der Waals surface area contributed by atoms with Gasteiger partial charge >= 0.3 is 0 Å². The highest BCUT2D eigenvalue weighted by molar-refractivity contribution is 5.66. The van der Waals surface area contributed by atoms with E-state index in [1.54, 1.807) is 13.1 Å². The van der Waals surface area contributed by atoms with Crippen molar-refractivity contribution in [3.63, 3.8) is 0 Å². The van der Waals surface area contributed by atoms with Crippen LogP contribution in [0, 0.1) is 11.6 Å². The monoisotopic (exact) mass is 323 g/mol. The molecule has 6 nitrogen and oxygen atoms in total. The topological polar surface area (TPSA) is 88.0 Å². The molecule has 1 aromatic heterocycles. The zero-order valence-corrected chi connectivity index (χ0v) is 12.9. The maximum atomic E-state index is 14.7. The second-order valence-corrected chi connectivity index (χ2v) is 4.78. The van der Waals surface area contributed by atoms with Crippen LogP contribution in [0.15, 0.2) is 30.6 Å². The first-order valence-electron chi connectivity index (χ1n) is 7.10. The fourth-order valence-electron chi connectivity index (χ4n) is 2.26. The van der Waals surface area contributed by atoms with Crippen LogP contribution >= 0.6 is 0 Å². The lowest BCUT2D eigenvalue weighted by Gasteiger charge is -2.19. The summed E-state index contributed by atoms with van der Waals surface area (Å²) >= 11 is 0. The summed E-state index contributed by atoms with van der Waals surface area (Å²) in [7, 11) is 1.63.